The molecule has 2 fully saturated rings. The largest absolute Gasteiger partial charge is 0.455 e. The molecular formula is C35H46BrN3O7. The molecule has 4 aliphatic rings. The number of halogens is 1. The molecule has 0 unspecified atom stereocenters. The van der Waals surface area contributed by atoms with Crippen molar-refractivity contribution in [2.45, 2.75) is 95.9 Å². The highest BCUT2D eigenvalue weighted by molar-refractivity contribution is 9.11. The summed E-state index contributed by atoms with van der Waals surface area (Å²) in [5.74, 6) is -3.68. The summed E-state index contributed by atoms with van der Waals surface area (Å²) in [5.41, 5.74) is -0.723. The van der Waals surface area contributed by atoms with Crippen LogP contribution in [0.2, 0.25) is 0 Å². The number of aliphatic hydroxyl groups excluding tert-OH is 1. The number of fused-ring (bicyclic) bond motifs is 2. The summed E-state index contributed by atoms with van der Waals surface area (Å²) in [6, 6.07) is 6.75. The Kier molecular flexibility index (Phi) is 10.2. The van der Waals surface area contributed by atoms with Crippen molar-refractivity contribution in [1.29, 1.82) is 0 Å². The number of cyclic esters (lactones) is 1. The Labute approximate surface area is 279 Å². The van der Waals surface area contributed by atoms with Crippen LogP contribution in [0.5, 0.6) is 0 Å². The van der Waals surface area contributed by atoms with E-state index in [4.69, 9.17) is 9.47 Å². The van der Waals surface area contributed by atoms with Crippen molar-refractivity contribution in [2.75, 3.05) is 20.2 Å². The van der Waals surface area contributed by atoms with Crippen LogP contribution in [0.15, 0.2) is 53.0 Å². The van der Waals surface area contributed by atoms with Gasteiger partial charge in [0.25, 0.3) is 0 Å². The van der Waals surface area contributed by atoms with Gasteiger partial charge in [-0.15, -0.1) is 0 Å². The number of amides is 3. The minimum absolute atomic E-state index is 0.104. The van der Waals surface area contributed by atoms with Crippen molar-refractivity contribution in [2.24, 2.45) is 17.8 Å². The zero-order valence-electron chi connectivity index (χ0n) is 27.5. The second kappa shape index (κ2) is 13.6. The van der Waals surface area contributed by atoms with Crippen molar-refractivity contribution in [3.8, 4) is 0 Å². The first-order valence-corrected chi connectivity index (χ1v) is 17.1. The second-order valence-electron chi connectivity index (χ2n) is 13.3. The molecule has 1 spiro atoms. The maximum absolute atomic E-state index is 14.7. The van der Waals surface area contributed by atoms with E-state index in [0.717, 1.165) is 0 Å². The zero-order valence-corrected chi connectivity index (χ0v) is 29.1. The smallest absolute Gasteiger partial charge is 0.313 e. The molecule has 10 nitrogen and oxygen atoms in total. The number of nitrogens with zero attached hydrogens (tertiary/aromatic N) is 3. The van der Waals surface area contributed by atoms with Crippen LogP contribution in [-0.2, 0) is 28.7 Å². The molecule has 0 aliphatic carbocycles. The summed E-state index contributed by atoms with van der Waals surface area (Å²) < 4.78 is 13.5. The van der Waals surface area contributed by atoms with Gasteiger partial charge in [-0.25, -0.2) is 0 Å². The summed E-state index contributed by atoms with van der Waals surface area (Å²) in [7, 11) is 1.70. The molecule has 46 heavy (non-hydrogen) atoms. The SMILES string of the molecule is CC[C@H](C)[C@H](CO)N1C(=O)[C@@H]2[C@H]3C(=O)O[C@@H](c4ccccc4)[C@H](C)N(C)C(=O)CC/C=C\CN(C(C)C)C(=O)[C@@H]1[C@]21C=C(Br)[C@H]3O1. The molecule has 1 N–H and O–H groups in total. The van der Waals surface area contributed by atoms with Gasteiger partial charge < -0.3 is 29.3 Å². The lowest BCUT2D eigenvalue weighted by Gasteiger charge is -2.41. The van der Waals surface area contributed by atoms with E-state index >= 15 is 0 Å². The molecule has 5 bridgehead atoms. The Morgan fingerprint density at radius 3 is 2.37 bits per heavy atom. The van der Waals surface area contributed by atoms with E-state index in [0.29, 0.717) is 22.9 Å². The monoisotopic (exact) mass is 699 g/mol. The normalized spacial score (nSPS) is 34.1. The van der Waals surface area contributed by atoms with Crippen molar-refractivity contribution in [3.05, 3.63) is 58.6 Å². The van der Waals surface area contributed by atoms with Gasteiger partial charge >= 0.3 is 5.97 Å². The van der Waals surface area contributed by atoms with Crippen molar-refractivity contribution in [3.63, 3.8) is 0 Å². The molecule has 1 aromatic carbocycles. The number of likely N-dealkylation sites (N-methyl/N-ethyl adjacent to an activating group) is 1. The van der Waals surface area contributed by atoms with E-state index in [9.17, 15) is 24.3 Å². The average molecular weight is 701 g/mol. The van der Waals surface area contributed by atoms with Crippen molar-refractivity contribution < 1.29 is 33.8 Å². The molecule has 9 atom stereocenters. The Bertz CT molecular complexity index is 1400. The number of hydrogen-bond acceptors (Lipinski definition) is 7. The number of aliphatic hydroxyl groups is 1. The minimum atomic E-state index is -1.44. The maximum atomic E-state index is 14.7. The Hall–Kier alpha value is -3.02. The highest BCUT2D eigenvalue weighted by Crippen LogP contribution is 2.59. The summed E-state index contributed by atoms with van der Waals surface area (Å²) in [4.78, 5) is 61.9. The molecule has 4 heterocycles. The van der Waals surface area contributed by atoms with Crippen LogP contribution in [0.25, 0.3) is 0 Å². The maximum Gasteiger partial charge on any atom is 0.313 e. The van der Waals surface area contributed by atoms with Crippen LogP contribution in [0.3, 0.4) is 0 Å². The van der Waals surface area contributed by atoms with E-state index in [-0.39, 0.29) is 43.3 Å². The first-order chi connectivity index (χ1) is 21.9. The molecular weight excluding hydrogens is 654 g/mol. The number of allylic oxidation sites excluding steroid dienone is 1. The molecule has 0 saturated carbocycles. The van der Waals surface area contributed by atoms with Crippen LogP contribution >= 0.6 is 15.9 Å². The Morgan fingerprint density at radius 2 is 1.74 bits per heavy atom. The van der Waals surface area contributed by atoms with Gasteiger partial charge in [-0.3, -0.25) is 19.2 Å². The molecule has 3 amide bonds. The van der Waals surface area contributed by atoms with Gasteiger partial charge in [0.15, 0.2) is 0 Å². The van der Waals surface area contributed by atoms with E-state index < -0.39 is 59.6 Å². The van der Waals surface area contributed by atoms with E-state index in [1.807, 2.05) is 77.1 Å². The van der Waals surface area contributed by atoms with Gasteiger partial charge in [0.05, 0.1) is 24.6 Å². The third-order valence-corrected chi connectivity index (χ3v) is 11.1. The lowest BCUT2D eigenvalue weighted by Crippen LogP contribution is -2.60. The summed E-state index contributed by atoms with van der Waals surface area (Å²) >= 11 is 3.61. The predicted octanol–water partition coefficient (Wildman–Crippen LogP) is 3.99. The second-order valence-corrected chi connectivity index (χ2v) is 14.2. The molecule has 4 aliphatic heterocycles. The number of rotatable bonds is 6. The number of ether oxygens (including phenoxy) is 2. The molecule has 0 aromatic heterocycles. The number of benzene rings is 1. The quantitative estimate of drug-likeness (QED) is 0.353. The average Bonchev–Trinajstić information content (AvgIpc) is 3.63. The highest BCUT2D eigenvalue weighted by atomic mass is 79.9. The van der Waals surface area contributed by atoms with Crippen LogP contribution in [0.1, 0.15) is 65.5 Å². The number of carbonyl (C=O) groups excluding carboxylic acids is 4. The first-order valence-electron chi connectivity index (χ1n) is 16.3. The standard InChI is InChI=1S/C35H46BrN3O7/c1-7-21(4)25(19-40)39-31-33(43)38(20(2)3)17-13-9-12-16-26(41)37(6)22(5)29(23-14-10-8-11-15-23)45-34(44)27-28(32(39)42)35(31)18-24(36)30(27)46-35/h8-11,13-15,18,20-22,25,27-31,40H,7,12,16-17,19H2,1-6H3/b13-9-/t21-,22-,25-,27+,28-,29+,30+,31+,35-/m0/s1. The first kappa shape index (κ1) is 34.3. The van der Waals surface area contributed by atoms with Crippen LogP contribution in [0, 0.1) is 17.8 Å². The van der Waals surface area contributed by atoms with E-state index in [1.165, 1.54) is 4.90 Å². The van der Waals surface area contributed by atoms with Gasteiger partial charge in [0.1, 0.15) is 29.8 Å². The van der Waals surface area contributed by atoms with E-state index in [1.54, 1.807) is 22.9 Å². The van der Waals surface area contributed by atoms with Gasteiger partial charge in [0.2, 0.25) is 17.7 Å². The Balaban J connectivity index is 1.67. The lowest BCUT2D eigenvalue weighted by molar-refractivity contribution is -0.164. The summed E-state index contributed by atoms with van der Waals surface area (Å²) in [6.45, 7) is 9.51. The van der Waals surface area contributed by atoms with Gasteiger partial charge in [-0.05, 0) is 44.7 Å². The summed E-state index contributed by atoms with van der Waals surface area (Å²) in [5, 5.41) is 10.7. The fraction of sp³-hybridized carbons (Fsp3) is 0.600. The molecule has 1 aromatic rings. The van der Waals surface area contributed by atoms with Crippen molar-refractivity contribution in [1.82, 2.24) is 14.7 Å². The van der Waals surface area contributed by atoms with Gasteiger partial charge in [-0.1, -0.05) is 78.7 Å². The number of hydrogen-bond donors (Lipinski definition) is 1. The molecule has 11 heteroatoms. The number of esters is 1. The zero-order chi connectivity index (χ0) is 33.5. The van der Waals surface area contributed by atoms with E-state index in [2.05, 4.69) is 15.9 Å². The Morgan fingerprint density at radius 1 is 1.04 bits per heavy atom. The number of carbonyl (C=O) groups is 4. The third kappa shape index (κ3) is 5.72. The molecule has 5 rings (SSSR count). The molecule has 0 radical (unpaired) electrons. The fourth-order valence-electron chi connectivity index (χ4n) is 7.50. The van der Waals surface area contributed by atoms with Gasteiger partial charge in [0, 0.05) is 30.5 Å². The topological polar surface area (TPSA) is 117 Å². The fourth-order valence-corrected chi connectivity index (χ4v) is 8.24. The summed E-state index contributed by atoms with van der Waals surface area (Å²) in [6.07, 6.45) is 5.29. The van der Waals surface area contributed by atoms with Gasteiger partial charge in [-0.2, -0.15) is 0 Å². The van der Waals surface area contributed by atoms with Crippen molar-refractivity contribution >= 4 is 39.6 Å². The lowest BCUT2D eigenvalue weighted by atomic mass is 9.74. The van der Waals surface area contributed by atoms with Crippen LogP contribution < -0.4 is 0 Å². The third-order valence-electron chi connectivity index (χ3n) is 10.4. The molecule has 250 valence electrons. The minimum Gasteiger partial charge on any atom is -0.455 e. The molecule has 2 saturated heterocycles. The van der Waals surface area contributed by atoms with Crippen LogP contribution in [0.4, 0.5) is 0 Å². The highest BCUT2D eigenvalue weighted by Gasteiger charge is 2.75. The number of likely N-dealkylation sites (tertiary alicyclic amines) is 1. The van der Waals surface area contributed by atoms with Crippen LogP contribution in [-0.4, -0.2) is 99.6 Å². The predicted molar refractivity (Wildman–Crippen MR) is 175 cm³/mol.